The zero-order valence-corrected chi connectivity index (χ0v) is 19.6. The van der Waals surface area contributed by atoms with E-state index in [1.807, 2.05) is 6.92 Å². The van der Waals surface area contributed by atoms with E-state index in [1.54, 1.807) is 42.8 Å². The van der Waals surface area contributed by atoms with Gasteiger partial charge in [-0.05, 0) is 19.9 Å². The lowest BCUT2D eigenvalue weighted by Gasteiger charge is -2.31. The van der Waals surface area contributed by atoms with Crippen LogP contribution in [0.25, 0.3) is 0 Å². The number of anilines is 1. The predicted molar refractivity (Wildman–Crippen MR) is 124 cm³/mol. The van der Waals surface area contributed by atoms with Crippen LogP contribution >= 0.6 is 23.1 Å². The lowest BCUT2D eigenvalue weighted by molar-refractivity contribution is -0.152. The highest BCUT2D eigenvalue weighted by atomic mass is 32.2. The van der Waals surface area contributed by atoms with E-state index >= 15 is 0 Å². The molecule has 9 nitrogen and oxygen atoms in total. The van der Waals surface area contributed by atoms with Gasteiger partial charge in [0.15, 0.2) is 5.13 Å². The van der Waals surface area contributed by atoms with Gasteiger partial charge >= 0.3 is 5.97 Å². The number of benzene rings is 1. The number of amides is 2. The van der Waals surface area contributed by atoms with E-state index in [9.17, 15) is 19.6 Å². The predicted octanol–water partition coefficient (Wildman–Crippen LogP) is 3.04. The molecule has 0 radical (unpaired) electrons. The van der Waals surface area contributed by atoms with Crippen molar-refractivity contribution in [1.82, 2.24) is 10.3 Å². The Hall–Kier alpha value is -3.36. The molecule has 0 bridgehead atoms. The van der Waals surface area contributed by atoms with Gasteiger partial charge in [0.05, 0.1) is 35.6 Å². The number of nitriles is 1. The molecule has 11 heteroatoms. The van der Waals surface area contributed by atoms with Crippen LogP contribution in [-0.4, -0.2) is 41.7 Å². The second-order valence-corrected chi connectivity index (χ2v) is 8.58. The fourth-order valence-electron chi connectivity index (χ4n) is 3.36. The molecule has 1 aromatic carbocycles. The van der Waals surface area contributed by atoms with E-state index in [4.69, 9.17) is 9.47 Å². The van der Waals surface area contributed by atoms with Crippen molar-refractivity contribution in [3.63, 3.8) is 0 Å². The van der Waals surface area contributed by atoms with Crippen molar-refractivity contribution in [3.05, 3.63) is 52.0 Å². The highest BCUT2D eigenvalue weighted by molar-refractivity contribution is 8.03. The molecule has 33 heavy (non-hydrogen) atoms. The van der Waals surface area contributed by atoms with Crippen LogP contribution < -0.4 is 15.4 Å². The molecule has 2 atom stereocenters. The molecule has 2 aromatic rings. The van der Waals surface area contributed by atoms with E-state index in [-0.39, 0.29) is 28.9 Å². The molecule has 0 unspecified atom stereocenters. The van der Waals surface area contributed by atoms with Crippen LogP contribution in [0.3, 0.4) is 0 Å². The number of hydrogen-bond acceptors (Lipinski definition) is 9. The number of allylic oxidation sites excluding steroid dienone is 1. The third-order valence-electron chi connectivity index (χ3n) is 4.65. The first-order chi connectivity index (χ1) is 16.0. The van der Waals surface area contributed by atoms with Gasteiger partial charge in [-0.25, -0.2) is 4.98 Å². The molecule has 1 aromatic heterocycles. The average molecular weight is 487 g/mol. The van der Waals surface area contributed by atoms with Gasteiger partial charge in [-0.15, -0.1) is 11.3 Å². The summed E-state index contributed by atoms with van der Waals surface area (Å²) in [6, 6.07) is 9.08. The summed E-state index contributed by atoms with van der Waals surface area (Å²) in [7, 11) is 0. The number of hydrogen-bond donors (Lipinski definition) is 2. The van der Waals surface area contributed by atoms with Crippen LogP contribution in [0.1, 0.15) is 25.3 Å². The molecule has 0 fully saturated rings. The molecule has 0 saturated heterocycles. The number of rotatable bonds is 9. The van der Waals surface area contributed by atoms with Crippen LogP contribution in [0.4, 0.5) is 5.13 Å². The van der Waals surface area contributed by atoms with Gasteiger partial charge in [-0.1, -0.05) is 30.0 Å². The Morgan fingerprint density at radius 1 is 1.30 bits per heavy atom. The van der Waals surface area contributed by atoms with Gasteiger partial charge in [0.1, 0.15) is 11.7 Å². The van der Waals surface area contributed by atoms with E-state index in [1.165, 1.54) is 11.3 Å². The van der Waals surface area contributed by atoms with Crippen molar-refractivity contribution in [1.29, 1.82) is 5.26 Å². The summed E-state index contributed by atoms with van der Waals surface area (Å²) in [5, 5.41) is 17.7. The van der Waals surface area contributed by atoms with Gasteiger partial charge in [0.2, 0.25) is 11.8 Å². The maximum absolute atomic E-state index is 13.0. The molecule has 0 aliphatic carbocycles. The number of carbonyl (C=O) groups is 3. The minimum atomic E-state index is -1.27. The normalized spacial score (nSPS) is 17.7. The number of ether oxygens (including phenoxy) is 2. The molecule has 3 rings (SSSR count). The molecule has 172 valence electrons. The van der Waals surface area contributed by atoms with Crippen LogP contribution in [0, 0.1) is 17.2 Å². The first kappa shape index (κ1) is 24.3. The fraction of sp³-hybridized carbons (Fsp3) is 0.318. The van der Waals surface area contributed by atoms with Crippen LogP contribution in [0.2, 0.25) is 0 Å². The number of carbonyl (C=O) groups excluding carboxylic acids is 3. The first-order valence-electron chi connectivity index (χ1n) is 10.2. The van der Waals surface area contributed by atoms with Crippen molar-refractivity contribution in [2.45, 2.75) is 19.8 Å². The number of aromatic nitrogens is 1. The topological polar surface area (TPSA) is 130 Å². The molecular weight excluding hydrogens is 464 g/mol. The van der Waals surface area contributed by atoms with E-state index in [2.05, 4.69) is 21.7 Å². The molecule has 2 amide bonds. The Kier molecular flexibility index (Phi) is 8.46. The van der Waals surface area contributed by atoms with Crippen molar-refractivity contribution in [2.24, 2.45) is 5.92 Å². The Bertz CT molecular complexity index is 1090. The fourth-order valence-corrected chi connectivity index (χ4v) is 4.76. The number of esters is 1. The maximum atomic E-state index is 13.0. The molecule has 1 aliphatic heterocycles. The summed E-state index contributed by atoms with van der Waals surface area (Å²) in [5.41, 5.74) is 0.681. The largest absolute Gasteiger partial charge is 0.494 e. The smallest absolute Gasteiger partial charge is 0.319 e. The van der Waals surface area contributed by atoms with Gasteiger partial charge in [0, 0.05) is 23.1 Å². The number of thiazole rings is 1. The lowest BCUT2D eigenvalue weighted by Crippen LogP contribution is -2.44. The molecule has 2 N–H and O–H groups in total. The lowest BCUT2D eigenvalue weighted by atomic mass is 9.78. The maximum Gasteiger partial charge on any atom is 0.319 e. The number of para-hydroxylation sites is 1. The Morgan fingerprint density at radius 2 is 2.09 bits per heavy atom. The van der Waals surface area contributed by atoms with Gasteiger partial charge in [-0.3, -0.25) is 14.4 Å². The minimum absolute atomic E-state index is 0.0652. The SMILES string of the molecule is CCOC(=O)[C@@H]1C(=O)NC(SCC(=O)Nc2nccs2)=C(C#N)[C@H]1c1ccccc1OCC. The zero-order valence-electron chi connectivity index (χ0n) is 18.0. The Labute approximate surface area is 199 Å². The quantitative estimate of drug-likeness (QED) is 0.409. The van der Waals surface area contributed by atoms with Crippen molar-refractivity contribution >= 4 is 46.0 Å². The summed E-state index contributed by atoms with van der Waals surface area (Å²) < 4.78 is 10.8. The van der Waals surface area contributed by atoms with Gasteiger partial charge < -0.3 is 20.1 Å². The van der Waals surface area contributed by atoms with E-state index in [0.717, 1.165) is 11.8 Å². The summed E-state index contributed by atoms with van der Waals surface area (Å²) in [6.07, 6.45) is 1.57. The highest BCUT2D eigenvalue weighted by Crippen LogP contribution is 2.43. The molecule has 1 aliphatic rings. The third kappa shape index (κ3) is 5.71. The number of nitrogens with zero attached hydrogens (tertiary/aromatic N) is 2. The van der Waals surface area contributed by atoms with Crippen LogP contribution in [0.5, 0.6) is 5.75 Å². The van der Waals surface area contributed by atoms with Crippen molar-refractivity contribution in [3.8, 4) is 11.8 Å². The number of thioether (sulfide) groups is 1. The van der Waals surface area contributed by atoms with Crippen molar-refractivity contribution in [2.75, 3.05) is 24.3 Å². The number of nitrogens with one attached hydrogen (secondary N) is 2. The standard InChI is InChI=1S/C22H22N4O5S2/c1-3-30-15-8-6-5-7-13(15)17-14(11-23)20(26-19(28)18(17)21(29)31-4-2)33-12-16(27)25-22-24-9-10-32-22/h5-10,17-18H,3-4,12H2,1-2H3,(H,26,28)(H,24,25,27)/t17-,18+/m1/s1. The third-order valence-corrected chi connectivity index (χ3v) is 6.36. The molecular formula is C22H22N4O5S2. The Balaban J connectivity index is 1.98. The Morgan fingerprint density at radius 3 is 2.76 bits per heavy atom. The molecule has 0 spiro atoms. The first-order valence-corrected chi connectivity index (χ1v) is 12.0. The van der Waals surface area contributed by atoms with E-state index in [0.29, 0.717) is 23.1 Å². The van der Waals surface area contributed by atoms with Gasteiger partial charge in [-0.2, -0.15) is 5.26 Å². The van der Waals surface area contributed by atoms with Crippen LogP contribution in [-0.2, 0) is 19.1 Å². The molecule has 0 saturated carbocycles. The monoisotopic (exact) mass is 486 g/mol. The summed E-state index contributed by atoms with van der Waals surface area (Å²) in [4.78, 5) is 42.1. The summed E-state index contributed by atoms with van der Waals surface area (Å²) >= 11 is 2.28. The van der Waals surface area contributed by atoms with Crippen LogP contribution in [0.15, 0.2) is 46.4 Å². The second kappa shape index (κ2) is 11.5. The molecule has 2 heterocycles. The minimum Gasteiger partial charge on any atom is -0.494 e. The summed E-state index contributed by atoms with van der Waals surface area (Å²) in [5.74, 6) is -3.47. The van der Waals surface area contributed by atoms with E-state index < -0.39 is 23.7 Å². The zero-order chi connectivity index (χ0) is 23.8. The average Bonchev–Trinajstić information content (AvgIpc) is 3.31. The second-order valence-electron chi connectivity index (χ2n) is 6.70. The van der Waals surface area contributed by atoms with Crippen molar-refractivity contribution < 1.29 is 23.9 Å². The highest BCUT2D eigenvalue weighted by Gasteiger charge is 2.45. The van der Waals surface area contributed by atoms with Gasteiger partial charge in [0.25, 0.3) is 0 Å². The summed E-state index contributed by atoms with van der Waals surface area (Å²) in [6.45, 7) is 3.92.